The fourth-order valence-corrected chi connectivity index (χ4v) is 2.45. The SMILES string of the molecule is CC1CCCCN1c1ncnc(NN(C)C)c1[N+](=O)[O-]. The lowest BCUT2D eigenvalue weighted by molar-refractivity contribution is -0.383. The van der Waals surface area contributed by atoms with Crippen LogP contribution in [0.2, 0.25) is 0 Å². The molecule has 8 heteroatoms. The lowest BCUT2D eigenvalue weighted by Crippen LogP contribution is -2.38. The summed E-state index contributed by atoms with van der Waals surface area (Å²) in [4.78, 5) is 21.1. The lowest BCUT2D eigenvalue weighted by Gasteiger charge is -2.34. The first-order valence-electron chi connectivity index (χ1n) is 6.70. The van der Waals surface area contributed by atoms with E-state index in [9.17, 15) is 10.1 Å². The van der Waals surface area contributed by atoms with Gasteiger partial charge in [0.25, 0.3) is 0 Å². The van der Waals surface area contributed by atoms with Gasteiger partial charge in [-0.2, -0.15) is 0 Å². The van der Waals surface area contributed by atoms with Gasteiger partial charge in [0.2, 0.25) is 11.6 Å². The van der Waals surface area contributed by atoms with Crippen LogP contribution in [-0.2, 0) is 0 Å². The minimum atomic E-state index is -0.414. The molecular formula is C12H20N6O2. The second-order valence-electron chi connectivity index (χ2n) is 5.20. The Hall–Kier alpha value is -1.96. The average Bonchev–Trinajstić information content (AvgIpc) is 2.38. The van der Waals surface area contributed by atoms with Crippen molar-refractivity contribution in [3.05, 3.63) is 16.4 Å². The number of rotatable bonds is 4. The average molecular weight is 280 g/mol. The van der Waals surface area contributed by atoms with E-state index >= 15 is 0 Å². The Morgan fingerprint density at radius 3 is 2.80 bits per heavy atom. The topological polar surface area (TPSA) is 87.4 Å². The Balaban J connectivity index is 2.43. The summed E-state index contributed by atoms with van der Waals surface area (Å²) in [7, 11) is 3.52. The van der Waals surface area contributed by atoms with Crippen LogP contribution in [0.25, 0.3) is 0 Å². The van der Waals surface area contributed by atoms with Gasteiger partial charge in [0, 0.05) is 26.7 Å². The molecule has 20 heavy (non-hydrogen) atoms. The molecule has 2 heterocycles. The Morgan fingerprint density at radius 1 is 1.45 bits per heavy atom. The van der Waals surface area contributed by atoms with Gasteiger partial charge >= 0.3 is 5.69 Å². The largest absolute Gasteiger partial charge is 0.354 e. The van der Waals surface area contributed by atoms with E-state index < -0.39 is 4.92 Å². The lowest BCUT2D eigenvalue weighted by atomic mass is 10.0. The zero-order chi connectivity index (χ0) is 14.7. The molecule has 0 radical (unpaired) electrons. The van der Waals surface area contributed by atoms with Crippen LogP contribution in [0.15, 0.2) is 6.33 Å². The Kier molecular flexibility index (Phi) is 4.33. The van der Waals surface area contributed by atoms with E-state index in [0.717, 1.165) is 25.8 Å². The van der Waals surface area contributed by atoms with Crippen molar-refractivity contribution in [3.63, 3.8) is 0 Å². The van der Waals surface area contributed by atoms with Gasteiger partial charge in [0.1, 0.15) is 6.33 Å². The van der Waals surface area contributed by atoms with Gasteiger partial charge < -0.3 is 4.90 Å². The second kappa shape index (κ2) is 6.00. The Morgan fingerprint density at radius 2 is 2.20 bits per heavy atom. The third kappa shape index (κ3) is 2.96. The number of hydrazine groups is 1. The molecule has 1 unspecified atom stereocenters. The summed E-state index contributed by atoms with van der Waals surface area (Å²) in [5, 5.41) is 13.0. The molecule has 1 N–H and O–H groups in total. The van der Waals surface area contributed by atoms with Crippen LogP contribution in [0.4, 0.5) is 17.3 Å². The monoisotopic (exact) mass is 280 g/mol. The zero-order valence-electron chi connectivity index (χ0n) is 12.0. The molecule has 0 aromatic carbocycles. The molecule has 0 saturated carbocycles. The number of hydrogen-bond acceptors (Lipinski definition) is 7. The van der Waals surface area contributed by atoms with E-state index in [-0.39, 0.29) is 17.5 Å². The van der Waals surface area contributed by atoms with Crippen molar-refractivity contribution in [1.29, 1.82) is 0 Å². The smallest absolute Gasteiger partial charge is 0.348 e. The summed E-state index contributed by atoms with van der Waals surface area (Å²) in [6, 6.07) is 0.254. The maximum atomic E-state index is 11.4. The highest BCUT2D eigenvalue weighted by Crippen LogP contribution is 2.34. The molecule has 1 aromatic rings. The maximum absolute atomic E-state index is 11.4. The fraction of sp³-hybridized carbons (Fsp3) is 0.667. The number of hydrogen-bond donors (Lipinski definition) is 1. The van der Waals surface area contributed by atoms with Crippen molar-refractivity contribution in [3.8, 4) is 0 Å². The molecule has 1 atom stereocenters. The van der Waals surface area contributed by atoms with E-state index in [0.29, 0.717) is 5.82 Å². The van der Waals surface area contributed by atoms with Gasteiger partial charge in [-0.1, -0.05) is 0 Å². The summed E-state index contributed by atoms with van der Waals surface area (Å²) in [5.74, 6) is 0.629. The summed E-state index contributed by atoms with van der Waals surface area (Å²) >= 11 is 0. The van der Waals surface area contributed by atoms with Crippen LogP contribution in [0, 0.1) is 10.1 Å². The Labute approximate surface area is 117 Å². The second-order valence-corrected chi connectivity index (χ2v) is 5.20. The molecule has 1 saturated heterocycles. The fourth-order valence-electron chi connectivity index (χ4n) is 2.45. The molecule has 1 aliphatic heterocycles. The number of nitrogens with zero attached hydrogens (tertiary/aromatic N) is 5. The van der Waals surface area contributed by atoms with Crippen LogP contribution in [-0.4, -0.2) is 46.6 Å². The summed E-state index contributed by atoms with van der Waals surface area (Å²) < 4.78 is 0. The standard InChI is InChI=1S/C12H20N6O2/c1-9-6-4-5-7-17(9)12-10(18(19)20)11(13-8-14-12)15-16(2)3/h8-9H,4-7H2,1-3H3,(H,13,14,15). The van der Waals surface area contributed by atoms with Crippen LogP contribution in [0.1, 0.15) is 26.2 Å². The van der Waals surface area contributed by atoms with E-state index in [2.05, 4.69) is 22.3 Å². The van der Waals surface area contributed by atoms with Crippen molar-refractivity contribution in [2.24, 2.45) is 0 Å². The molecule has 8 nitrogen and oxygen atoms in total. The van der Waals surface area contributed by atoms with Crippen molar-refractivity contribution in [2.75, 3.05) is 31.0 Å². The van der Waals surface area contributed by atoms with Crippen molar-refractivity contribution >= 4 is 17.3 Å². The van der Waals surface area contributed by atoms with E-state index in [1.54, 1.807) is 19.1 Å². The normalized spacial score (nSPS) is 19.2. The first-order chi connectivity index (χ1) is 9.50. The van der Waals surface area contributed by atoms with Gasteiger partial charge in [0.05, 0.1) is 4.92 Å². The van der Waals surface area contributed by atoms with E-state index in [4.69, 9.17) is 0 Å². The van der Waals surface area contributed by atoms with Gasteiger partial charge in [-0.15, -0.1) is 0 Å². The van der Waals surface area contributed by atoms with Gasteiger partial charge in [-0.25, -0.2) is 15.0 Å². The third-order valence-electron chi connectivity index (χ3n) is 3.39. The van der Waals surface area contributed by atoms with Crippen molar-refractivity contribution in [2.45, 2.75) is 32.2 Å². The number of piperidine rings is 1. The minimum absolute atomic E-state index is 0.0602. The molecule has 0 bridgehead atoms. The molecule has 0 spiro atoms. The van der Waals surface area contributed by atoms with Crippen molar-refractivity contribution < 1.29 is 4.92 Å². The zero-order valence-corrected chi connectivity index (χ0v) is 12.0. The first kappa shape index (κ1) is 14.4. The molecule has 2 rings (SSSR count). The molecule has 1 aromatic heterocycles. The highest BCUT2D eigenvalue weighted by molar-refractivity contribution is 5.70. The van der Waals surface area contributed by atoms with E-state index in [1.807, 2.05) is 4.90 Å². The van der Waals surface area contributed by atoms with Gasteiger partial charge in [-0.05, 0) is 26.2 Å². The number of aromatic nitrogens is 2. The van der Waals surface area contributed by atoms with E-state index in [1.165, 1.54) is 6.33 Å². The maximum Gasteiger partial charge on any atom is 0.354 e. The van der Waals surface area contributed by atoms with Crippen LogP contribution in [0.3, 0.4) is 0 Å². The molecule has 0 amide bonds. The molecule has 110 valence electrons. The summed E-state index contributed by atoms with van der Waals surface area (Å²) in [5.41, 5.74) is 2.80. The molecule has 0 aliphatic carbocycles. The van der Waals surface area contributed by atoms with Crippen LogP contribution < -0.4 is 10.3 Å². The summed E-state index contributed by atoms with van der Waals surface area (Å²) in [6.07, 6.45) is 4.58. The highest BCUT2D eigenvalue weighted by atomic mass is 16.6. The highest BCUT2D eigenvalue weighted by Gasteiger charge is 2.30. The third-order valence-corrected chi connectivity index (χ3v) is 3.39. The molecule has 1 aliphatic rings. The number of nitrogens with one attached hydrogen (secondary N) is 1. The predicted octanol–water partition coefficient (Wildman–Crippen LogP) is 1.65. The summed E-state index contributed by atoms with van der Waals surface area (Å²) in [6.45, 7) is 2.87. The predicted molar refractivity (Wildman–Crippen MR) is 76.7 cm³/mol. The van der Waals surface area contributed by atoms with Crippen LogP contribution in [0.5, 0.6) is 0 Å². The minimum Gasteiger partial charge on any atom is -0.348 e. The van der Waals surface area contributed by atoms with Gasteiger partial charge in [0.15, 0.2) is 0 Å². The number of anilines is 2. The Bertz CT molecular complexity index is 493. The van der Waals surface area contributed by atoms with Gasteiger partial charge in [-0.3, -0.25) is 15.5 Å². The molecular weight excluding hydrogens is 260 g/mol. The number of nitro groups is 1. The molecule has 1 fully saturated rings. The first-order valence-corrected chi connectivity index (χ1v) is 6.70. The quantitative estimate of drug-likeness (QED) is 0.662. The van der Waals surface area contributed by atoms with Crippen LogP contribution >= 0.6 is 0 Å². The van der Waals surface area contributed by atoms with Crippen molar-refractivity contribution in [1.82, 2.24) is 15.0 Å².